The van der Waals surface area contributed by atoms with Crippen molar-refractivity contribution in [2.24, 2.45) is 0 Å². The number of rotatable bonds is 3. The van der Waals surface area contributed by atoms with Crippen LogP contribution in [0.3, 0.4) is 0 Å². The molecule has 0 aliphatic rings. The lowest BCUT2D eigenvalue weighted by Crippen LogP contribution is -2.05. The van der Waals surface area contributed by atoms with Crippen LogP contribution >= 0.6 is 23.6 Å². The third kappa shape index (κ3) is 2.40. The van der Waals surface area contributed by atoms with Crippen LogP contribution in [0.5, 0.6) is 0 Å². The maximum Gasteiger partial charge on any atom is 0.304 e. The number of aromatic nitrogens is 5. The van der Waals surface area contributed by atoms with E-state index in [-0.39, 0.29) is 4.87 Å². The zero-order chi connectivity index (χ0) is 13.2. The van der Waals surface area contributed by atoms with Crippen LogP contribution in [0, 0.1) is 4.77 Å². The molecule has 0 spiro atoms. The maximum absolute atomic E-state index is 11.2. The minimum Gasteiger partial charge on any atom is -0.315 e. The van der Waals surface area contributed by atoms with Crippen LogP contribution in [0.1, 0.15) is 5.69 Å². The molecule has 0 aromatic carbocycles. The van der Waals surface area contributed by atoms with Crippen LogP contribution in [0.4, 0.5) is 0 Å². The highest BCUT2D eigenvalue weighted by Crippen LogP contribution is 2.16. The van der Waals surface area contributed by atoms with E-state index < -0.39 is 0 Å². The number of thiazole rings is 1. The highest BCUT2D eigenvalue weighted by Gasteiger charge is 2.10. The van der Waals surface area contributed by atoms with Gasteiger partial charge in [0.05, 0.1) is 6.54 Å². The fourth-order valence-corrected chi connectivity index (χ4v) is 2.51. The van der Waals surface area contributed by atoms with Gasteiger partial charge in [0.25, 0.3) is 0 Å². The summed E-state index contributed by atoms with van der Waals surface area (Å²) in [5, 5.41) is 8.75. The Morgan fingerprint density at radius 3 is 3.05 bits per heavy atom. The first-order valence-electron chi connectivity index (χ1n) is 5.46. The summed E-state index contributed by atoms with van der Waals surface area (Å²) in [6.07, 6.45) is 3.42. The van der Waals surface area contributed by atoms with Crippen LogP contribution in [0.2, 0.25) is 0 Å². The molecule has 3 heterocycles. The van der Waals surface area contributed by atoms with Crippen molar-refractivity contribution in [3.8, 4) is 11.4 Å². The molecular weight excluding hydrogens is 282 g/mol. The van der Waals surface area contributed by atoms with E-state index >= 15 is 0 Å². The van der Waals surface area contributed by atoms with E-state index in [1.54, 1.807) is 17.8 Å². The minimum atomic E-state index is -0.0760. The molecule has 0 unspecified atom stereocenters. The molecule has 8 heteroatoms. The normalized spacial score (nSPS) is 10.7. The Kier molecular flexibility index (Phi) is 3.10. The van der Waals surface area contributed by atoms with Crippen LogP contribution in [-0.4, -0.2) is 24.7 Å². The van der Waals surface area contributed by atoms with E-state index in [1.165, 1.54) is 0 Å². The molecule has 6 nitrogen and oxygen atoms in total. The summed E-state index contributed by atoms with van der Waals surface area (Å²) in [6.45, 7) is 0.471. The Hall–Kier alpha value is -2.06. The number of H-pyrrole nitrogens is 2. The van der Waals surface area contributed by atoms with Crippen LogP contribution in [0.25, 0.3) is 11.4 Å². The summed E-state index contributed by atoms with van der Waals surface area (Å²) in [7, 11) is 0. The lowest BCUT2D eigenvalue weighted by molar-refractivity contribution is 0.770. The summed E-state index contributed by atoms with van der Waals surface area (Å²) in [5.41, 5.74) is 1.67. The molecule has 0 fully saturated rings. The SMILES string of the molecule is O=c1[nH]c(Cn2c(-c3cccnc3)n[nH]c2=S)cs1. The first-order valence-corrected chi connectivity index (χ1v) is 6.75. The standard InChI is InChI=1S/C11H9N5OS2/c17-11-13-8(6-19-11)5-16-9(14-15-10(16)18)7-2-1-3-12-4-7/h1-4,6H,5H2,(H,13,17)(H,15,18). The number of pyridine rings is 1. The predicted molar refractivity (Wildman–Crippen MR) is 74.7 cm³/mol. The summed E-state index contributed by atoms with van der Waals surface area (Å²) in [5.74, 6) is 0.699. The van der Waals surface area contributed by atoms with Crippen molar-refractivity contribution < 1.29 is 0 Å². The largest absolute Gasteiger partial charge is 0.315 e. The van der Waals surface area contributed by atoms with Crippen molar-refractivity contribution in [2.75, 3.05) is 0 Å². The topological polar surface area (TPSA) is 79.4 Å². The van der Waals surface area contributed by atoms with Crippen molar-refractivity contribution in [1.29, 1.82) is 0 Å². The first-order chi connectivity index (χ1) is 9.24. The minimum absolute atomic E-state index is 0.0760. The lowest BCUT2D eigenvalue weighted by atomic mass is 10.2. The van der Waals surface area contributed by atoms with Gasteiger partial charge in [0, 0.05) is 29.0 Å². The van der Waals surface area contributed by atoms with Gasteiger partial charge in [-0.3, -0.25) is 19.4 Å². The summed E-state index contributed by atoms with van der Waals surface area (Å²) < 4.78 is 2.33. The van der Waals surface area contributed by atoms with E-state index in [9.17, 15) is 4.79 Å². The van der Waals surface area contributed by atoms with Gasteiger partial charge in [0.1, 0.15) is 0 Å². The Morgan fingerprint density at radius 2 is 2.37 bits per heavy atom. The van der Waals surface area contributed by atoms with Gasteiger partial charge < -0.3 is 4.98 Å². The van der Waals surface area contributed by atoms with Crippen molar-refractivity contribution in [3.05, 3.63) is 50.0 Å². The van der Waals surface area contributed by atoms with Crippen LogP contribution < -0.4 is 4.87 Å². The highest BCUT2D eigenvalue weighted by molar-refractivity contribution is 7.71. The fraction of sp³-hybridized carbons (Fsp3) is 0.0909. The third-order valence-corrected chi connectivity index (χ3v) is 3.61. The van der Waals surface area contributed by atoms with Gasteiger partial charge in [0.2, 0.25) is 0 Å². The van der Waals surface area contributed by atoms with Gasteiger partial charge >= 0.3 is 4.87 Å². The number of hydrogen-bond donors (Lipinski definition) is 2. The van der Waals surface area contributed by atoms with Crippen LogP contribution in [-0.2, 0) is 6.54 Å². The molecule has 3 rings (SSSR count). The number of aromatic amines is 2. The predicted octanol–water partition coefficient (Wildman–Crippen LogP) is 1.80. The molecule has 2 N–H and O–H groups in total. The second kappa shape index (κ2) is 4.90. The Bertz CT molecular complexity index is 798. The number of hydrogen-bond acceptors (Lipinski definition) is 5. The zero-order valence-electron chi connectivity index (χ0n) is 9.66. The molecular formula is C11H9N5OS2. The number of nitrogens with zero attached hydrogens (tertiary/aromatic N) is 3. The maximum atomic E-state index is 11.2. The average molecular weight is 291 g/mol. The Balaban J connectivity index is 2.04. The summed E-state index contributed by atoms with van der Waals surface area (Å²) in [6, 6.07) is 3.74. The fourth-order valence-electron chi connectivity index (χ4n) is 1.74. The molecule has 0 aliphatic carbocycles. The Labute approximate surface area is 116 Å². The molecule has 0 atom stereocenters. The molecule has 3 aromatic rings. The van der Waals surface area contributed by atoms with Gasteiger partial charge in [-0.25, -0.2) is 0 Å². The van der Waals surface area contributed by atoms with E-state index in [0.717, 1.165) is 22.6 Å². The van der Waals surface area contributed by atoms with Gasteiger partial charge in [-0.15, -0.1) is 0 Å². The molecule has 0 bridgehead atoms. The monoisotopic (exact) mass is 291 g/mol. The zero-order valence-corrected chi connectivity index (χ0v) is 11.3. The molecule has 0 radical (unpaired) electrons. The van der Waals surface area contributed by atoms with E-state index in [2.05, 4.69) is 20.2 Å². The van der Waals surface area contributed by atoms with E-state index in [0.29, 0.717) is 17.1 Å². The van der Waals surface area contributed by atoms with Gasteiger partial charge in [-0.05, 0) is 24.4 Å². The molecule has 96 valence electrons. The van der Waals surface area contributed by atoms with E-state index in [4.69, 9.17) is 12.2 Å². The molecule has 0 saturated heterocycles. The van der Waals surface area contributed by atoms with Gasteiger partial charge in [-0.2, -0.15) is 5.10 Å². The van der Waals surface area contributed by atoms with Crippen molar-refractivity contribution in [2.45, 2.75) is 6.54 Å². The van der Waals surface area contributed by atoms with E-state index in [1.807, 2.05) is 16.7 Å². The molecule has 19 heavy (non-hydrogen) atoms. The Morgan fingerprint density at radius 1 is 1.47 bits per heavy atom. The first kappa shape index (κ1) is 12.0. The molecule has 0 saturated carbocycles. The second-order valence-electron chi connectivity index (χ2n) is 3.85. The van der Waals surface area contributed by atoms with Crippen molar-refractivity contribution >= 4 is 23.6 Å². The molecule has 0 amide bonds. The van der Waals surface area contributed by atoms with Crippen molar-refractivity contribution in [1.82, 2.24) is 24.7 Å². The quantitative estimate of drug-likeness (QED) is 0.721. The number of nitrogens with one attached hydrogen (secondary N) is 2. The highest BCUT2D eigenvalue weighted by atomic mass is 32.1. The smallest absolute Gasteiger partial charge is 0.304 e. The molecule has 0 aliphatic heterocycles. The summed E-state index contributed by atoms with van der Waals surface area (Å²) >= 11 is 6.35. The lowest BCUT2D eigenvalue weighted by Gasteiger charge is -2.04. The summed E-state index contributed by atoms with van der Waals surface area (Å²) in [4.78, 5) is 17.9. The van der Waals surface area contributed by atoms with Crippen LogP contribution in [0.15, 0.2) is 34.7 Å². The van der Waals surface area contributed by atoms with Crippen molar-refractivity contribution in [3.63, 3.8) is 0 Å². The second-order valence-corrected chi connectivity index (χ2v) is 5.08. The van der Waals surface area contributed by atoms with Gasteiger partial charge in [-0.1, -0.05) is 11.3 Å². The molecule has 3 aromatic heterocycles. The average Bonchev–Trinajstić information content (AvgIpc) is 2.99. The third-order valence-electron chi connectivity index (χ3n) is 2.58. The van der Waals surface area contributed by atoms with Gasteiger partial charge in [0.15, 0.2) is 10.6 Å².